The fourth-order valence-electron chi connectivity index (χ4n) is 2.43. The van der Waals surface area contributed by atoms with Crippen LogP contribution in [-0.2, 0) is 28.8 Å². The van der Waals surface area contributed by atoms with Crippen LogP contribution < -0.4 is 11.3 Å². The van der Waals surface area contributed by atoms with E-state index in [0.29, 0.717) is 11.3 Å². The van der Waals surface area contributed by atoms with Crippen LogP contribution in [0.4, 0.5) is 5.69 Å². The molecule has 5 nitrogen and oxygen atoms in total. The molecule has 0 radical (unpaired) electrons. The van der Waals surface area contributed by atoms with Crippen molar-refractivity contribution in [2.75, 3.05) is 18.6 Å². The van der Waals surface area contributed by atoms with Crippen molar-refractivity contribution in [3.8, 4) is 11.1 Å². The van der Waals surface area contributed by atoms with Crippen LogP contribution in [0.15, 0.2) is 35.3 Å². The number of thioether (sulfide) groups is 1. The van der Waals surface area contributed by atoms with E-state index in [1.807, 2.05) is 30.0 Å². The van der Waals surface area contributed by atoms with E-state index in [-0.39, 0.29) is 17.9 Å². The molecule has 0 spiro atoms. The summed E-state index contributed by atoms with van der Waals surface area (Å²) in [5.74, 6) is 1.54. The van der Waals surface area contributed by atoms with Crippen molar-refractivity contribution in [3.63, 3.8) is 0 Å². The van der Waals surface area contributed by atoms with Crippen LogP contribution in [0.1, 0.15) is 18.1 Å². The Kier molecular flexibility index (Phi) is 6.09. The van der Waals surface area contributed by atoms with Gasteiger partial charge in [0, 0.05) is 41.9 Å². The van der Waals surface area contributed by atoms with Crippen LogP contribution in [0.5, 0.6) is 0 Å². The molecule has 2 rings (SSSR count). The molecular weight excluding hydrogens is 324 g/mol. The first-order valence-corrected chi connectivity index (χ1v) is 8.84. The average molecular weight is 346 g/mol. The quantitative estimate of drug-likeness (QED) is 0.643. The molecule has 1 heterocycles. The standard InChI is InChI=1S/C18H22N2O3S/c1-4-24-11-12-5-6-16(19)14(7-12)15-10-20(2)17(21)8-13(15)9-18(22)23-3/h5-8,10H,4,9,11,19H2,1-3H3. The van der Waals surface area contributed by atoms with E-state index in [1.165, 1.54) is 17.7 Å². The smallest absolute Gasteiger partial charge is 0.310 e. The van der Waals surface area contributed by atoms with Crippen molar-refractivity contribution in [2.24, 2.45) is 7.05 Å². The SMILES string of the molecule is CCSCc1ccc(N)c(-c2cn(C)c(=O)cc2CC(=O)OC)c1. The number of methoxy groups -OCH3 is 1. The highest BCUT2D eigenvalue weighted by Gasteiger charge is 2.14. The number of rotatable bonds is 6. The molecule has 0 saturated carbocycles. The summed E-state index contributed by atoms with van der Waals surface area (Å²) >= 11 is 1.82. The molecule has 2 aromatic rings. The maximum atomic E-state index is 12.0. The van der Waals surface area contributed by atoms with Gasteiger partial charge in [0.25, 0.3) is 5.56 Å². The Labute approximate surface area is 145 Å². The van der Waals surface area contributed by atoms with Crippen LogP contribution in [0.25, 0.3) is 11.1 Å². The van der Waals surface area contributed by atoms with Crippen molar-refractivity contribution < 1.29 is 9.53 Å². The number of esters is 1. The summed E-state index contributed by atoms with van der Waals surface area (Å²) in [6.45, 7) is 2.12. The summed E-state index contributed by atoms with van der Waals surface area (Å²) in [5.41, 5.74) is 10.00. The summed E-state index contributed by atoms with van der Waals surface area (Å²) in [4.78, 5) is 23.7. The maximum absolute atomic E-state index is 12.0. The molecule has 1 aromatic heterocycles. The number of carbonyl (C=O) groups excluding carboxylic acids is 1. The monoisotopic (exact) mass is 346 g/mol. The van der Waals surface area contributed by atoms with Gasteiger partial charge < -0.3 is 15.0 Å². The fourth-order valence-corrected chi connectivity index (χ4v) is 3.05. The lowest BCUT2D eigenvalue weighted by atomic mass is 9.97. The van der Waals surface area contributed by atoms with Gasteiger partial charge in [0.15, 0.2) is 0 Å². The third-order valence-corrected chi connectivity index (χ3v) is 4.70. The zero-order valence-corrected chi connectivity index (χ0v) is 15.0. The largest absolute Gasteiger partial charge is 0.469 e. The van der Waals surface area contributed by atoms with Gasteiger partial charge in [-0.15, -0.1) is 0 Å². The minimum absolute atomic E-state index is 0.0370. The number of benzene rings is 1. The molecule has 0 bridgehead atoms. The molecule has 128 valence electrons. The van der Waals surface area contributed by atoms with Crippen molar-refractivity contribution in [1.29, 1.82) is 0 Å². The summed E-state index contributed by atoms with van der Waals surface area (Å²) < 4.78 is 6.23. The number of aromatic nitrogens is 1. The normalized spacial score (nSPS) is 10.6. The van der Waals surface area contributed by atoms with Gasteiger partial charge in [0.2, 0.25) is 0 Å². The molecule has 0 atom stereocenters. The zero-order valence-electron chi connectivity index (χ0n) is 14.2. The number of carbonyl (C=O) groups is 1. The number of nitrogens with two attached hydrogens (primary N) is 1. The van der Waals surface area contributed by atoms with Gasteiger partial charge in [-0.05, 0) is 29.0 Å². The Balaban J connectivity index is 2.55. The lowest BCUT2D eigenvalue weighted by molar-refractivity contribution is -0.139. The molecule has 24 heavy (non-hydrogen) atoms. The third kappa shape index (κ3) is 4.20. The van der Waals surface area contributed by atoms with Crippen molar-refractivity contribution in [1.82, 2.24) is 4.57 Å². The summed E-state index contributed by atoms with van der Waals surface area (Å²) in [7, 11) is 3.01. The Morgan fingerprint density at radius 2 is 2.04 bits per heavy atom. The minimum Gasteiger partial charge on any atom is -0.469 e. The molecule has 1 aromatic carbocycles. The lowest BCUT2D eigenvalue weighted by Crippen LogP contribution is -2.18. The molecule has 0 fully saturated rings. The van der Waals surface area contributed by atoms with E-state index in [9.17, 15) is 9.59 Å². The molecule has 0 aliphatic rings. The minimum atomic E-state index is -0.388. The van der Waals surface area contributed by atoms with E-state index >= 15 is 0 Å². The van der Waals surface area contributed by atoms with E-state index in [4.69, 9.17) is 10.5 Å². The van der Waals surface area contributed by atoms with Crippen LogP contribution in [0.3, 0.4) is 0 Å². The van der Waals surface area contributed by atoms with Gasteiger partial charge in [-0.3, -0.25) is 9.59 Å². The molecule has 0 aliphatic carbocycles. The van der Waals surface area contributed by atoms with E-state index < -0.39 is 0 Å². The highest BCUT2D eigenvalue weighted by Crippen LogP contribution is 2.30. The second kappa shape index (κ2) is 8.06. The summed E-state index contributed by atoms with van der Waals surface area (Å²) in [5, 5.41) is 0. The second-order valence-electron chi connectivity index (χ2n) is 5.47. The van der Waals surface area contributed by atoms with Gasteiger partial charge >= 0.3 is 5.97 Å². The average Bonchev–Trinajstić information content (AvgIpc) is 2.57. The third-order valence-electron chi connectivity index (χ3n) is 3.76. The zero-order chi connectivity index (χ0) is 17.7. The first-order valence-electron chi connectivity index (χ1n) is 7.69. The molecular formula is C18H22N2O3S. The van der Waals surface area contributed by atoms with Crippen LogP contribution >= 0.6 is 11.8 Å². The number of hydrogen-bond donors (Lipinski definition) is 1. The predicted octanol–water partition coefficient (Wildman–Crippen LogP) is 2.60. The Morgan fingerprint density at radius 1 is 1.29 bits per heavy atom. The number of ether oxygens (including phenoxy) is 1. The second-order valence-corrected chi connectivity index (χ2v) is 6.75. The van der Waals surface area contributed by atoms with Gasteiger partial charge in [-0.25, -0.2) is 0 Å². The number of nitrogen functional groups attached to an aromatic ring is 1. The van der Waals surface area contributed by atoms with Crippen LogP contribution in [-0.4, -0.2) is 23.4 Å². The lowest BCUT2D eigenvalue weighted by Gasteiger charge is -2.14. The Bertz CT molecular complexity index is 799. The van der Waals surface area contributed by atoms with Crippen LogP contribution in [0.2, 0.25) is 0 Å². The molecule has 6 heteroatoms. The van der Waals surface area contributed by atoms with Crippen molar-refractivity contribution in [3.05, 3.63) is 51.9 Å². The number of pyridine rings is 1. The fraction of sp³-hybridized carbons (Fsp3) is 0.333. The number of aryl methyl sites for hydroxylation is 1. The van der Waals surface area contributed by atoms with Crippen molar-refractivity contribution in [2.45, 2.75) is 19.1 Å². The number of nitrogens with zero attached hydrogens (tertiary/aromatic N) is 1. The topological polar surface area (TPSA) is 74.3 Å². The predicted molar refractivity (Wildman–Crippen MR) is 99.1 cm³/mol. The number of hydrogen-bond acceptors (Lipinski definition) is 5. The van der Waals surface area contributed by atoms with Gasteiger partial charge in [-0.1, -0.05) is 13.0 Å². The highest BCUT2D eigenvalue weighted by atomic mass is 32.2. The van der Waals surface area contributed by atoms with Crippen LogP contribution in [0, 0.1) is 0 Å². The first kappa shape index (κ1) is 18.1. The maximum Gasteiger partial charge on any atom is 0.310 e. The molecule has 0 unspecified atom stereocenters. The summed E-state index contributed by atoms with van der Waals surface area (Å²) in [6, 6.07) is 7.37. The van der Waals surface area contributed by atoms with Crippen molar-refractivity contribution >= 4 is 23.4 Å². The molecule has 0 saturated heterocycles. The van der Waals surface area contributed by atoms with E-state index in [1.54, 1.807) is 13.2 Å². The Hall–Kier alpha value is -2.21. The number of anilines is 1. The molecule has 2 N–H and O–H groups in total. The van der Waals surface area contributed by atoms with Gasteiger partial charge in [0.05, 0.1) is 13.5 Å². The first-order chi connectivity index (χ1) is 11.5. The van der Waals surface area contributed by atoms with E-state index in [0.717, 1.165) is 28.2 Å². The van der Waals surface area contributed by atoms with Gasteiger partial charge in [-0.2, -0.15) is 11.8 Å². The highest BCUT2D eigenvalue weighted by molar-refractivity contribution is 7.98. The summed E-state index contributed by atoms with van der Waals surface area (Å²) in [6.07, 6.45) is 1.76. The van der Waals surface area contributed by atoms with Gasteiger partial charge in [0.1, 0.15) is 0 Å². The molecule has 0 aliphatic heterocycles. The van der Waals surface area contributed by atoms with E-state index in [2.05, 4.69) is 6.92 Å². The Morgan fingerprint density at radius 3 is 2.71 bits per heavy atom. The molecule has 0 amide bonds.